The van der Waals surface area contributed by atoms with Crippen molar-refractivity contribution in [2.45, 2.75) is 20.1 Å². The third-order valence-corrected chi connectivity index (χ3v) is 3.83. The molecule has 0 atom stereocenters. The first-order chi connectivity index (χ1) is 9.60. The molecule has 3 aromatic rings. The number of rotatable bonds is 3. The minimum absolute atomic E-state index is 0.00295. The number of benzene rings is 1. The van der Waals surface area contributed by atoms with Gasteiger partial charge in [-0.3, -0.25) is 0 Å². The fourth-order valence-corrected chi connectivity index (χ4v) is 2.51. The normalized spacial score (nSPS) is 11.4. The molecule has 2 heterocycles. The van der Waals surface area contributed by atoms with E-state index in [1.807, 2.05) is 47.5 Å². The van der Waals surface area contributed by atoms with E-state index in [0.717, 1.165) is 28.1 Å². The number of aliphatic hydroxyl groups excluding tert-OH is 1. The molecule has 104 valence electrons. The summed E-state index contributed by atoms with van der Waals surface area (Å²) >= 11 is 6.07. The summed E-state index contributed by atoms with van der Waals surface area (Å²) in [7, 11) is 1.94. The van der Waals surface area contributed by atoms with E-state index in [4.69, 9.17) is 11.6 Å². The molecule has 1 N–H and O–H groups in total. The highest BCUT2D eigenvalue weighted by atomic mass is 35.5. The van der Waals surface area contributed by atoms with Crippen LogP contribution in [0.2, 0.25) is 5.02 Å². The van der Waals surface area contributed by atoms with Crippen molar-refractivity contribution < 1.29 is 5.11 Å². The third-order valence-electron chi connectivity index (χ3n) is 3.59. The molecular weight excluding hydrogens is 276 g/mol. The van der Waals surface area contributed by atoms with Gasteiger partial charge in [-0.05, 0) is 19.1 Å². The van der Waals surface area contributed by atoms with Crippen molar-refractivity contribution in [2.24, 2.45) is 7.05 Å². The van der Waals surface area contributed by atoms with Crippen LogP contribution >= 0.6 is 11.6 Å². The Morgan fingerprint density at radius 3 is 2.75 bits per heavy atom. The van der Waals surface area contributed by atoms with Gasteiger partial charge in [0.05, 0.1) is 18.7 Å². The summed E-state index contributed by atoms with van der Waals surface area (Å²) < 4.78 is 3.99. The molecule has 0 unspecified atom stereocenters. The summed E-state index contributed by atoms with van der Waals surface area (Å²) in [6.45, 7) is 2.51. The van der Waals surface area contributed by atoms with Crippen molar-refractivity contribution in [2.75, 3.05) is 0 Å². The van der Waals surface area contributed by atoms with Crippen LogP contribution in [0.3, 0.4) is 0 Å². The molecule has 0 saturated carbocycles. The molecule has 0 aliphatic carbocycles. The van der Waals surface area contributed by atoms with Crippen molar-refractivity contribution in [1.29, 1.82) is 0 Å². The molecule has 0 radical (unpaired) electrons. The van der Waals surface area contributed by atoms with Gasteiger partial charge in [-0.2, -0.15) is 0 Å². The number of halogens is 1. The fourth-order valence-electron chi connectivity index (χ4n) is 2.34. The van der Waals surface area contributed by atoms with Gasteiger partial charge in [-0.25, -0.2) is 0 Å². The number of nitrogens with zero attached hydrogens (tertiary/aromatic N) is 4. The zero-order chi connectivity index (χ0) is 14.3. The van der Waals surface area contributed by atoms with Crippen LogP contribution in [-0.4, -0.2) is 24.4 Å². The highest BCUT2D eigenvalue weighted by Crippen LogP contribution is 2.25. The summed E-state index contributed by atoms with van der Waals surface area (Å²) in [5.41, 5.74) is 1.87. The number of fused-ring (bicyclic) bond motifs is 1. The van der Waals surface area contributed by atoms with Gasteiger partial charge in [0.2, 0.25) is 0 Å². The molecule has 2 aromatic heterocycles. The lowest BCUT2D eigenvalue weighted by molar-refractivity contribution is 0.283. The predicted molar refractivity (Wildman–Crippen MR) is 77.7 cm³/mol. The lowest BCUT2D eigenvalue weighted by Crippen LogP contribution is -2.05. The number of aromatic nitrogens is 4. The molecule has 0 aliphatic heterocycles. The minimum Gasteiger partial charge on any atom is -0.392 e. The van der Waals surface area contributed by atoms with Gasteiger partial charge in [0.25, 0.3) is 0 Å². The quantitative estimate of drug-likeness (QED) is 0.805. The second-order valence-corrected chi connectivity index (χ2v) is 5.26. The van der Waals surface area contributed by atoms with E-state index in [0.29, 0.717) is 11.6 Å². The SMILES string of the molecule is Cc1nnc(Cn2cc(CO)c3ccc(Cl)cc32)n1C. The first-order valence-electron chi connectivity index (χ1n) is 6.33. The van der Waals surface area contributed by atoms with Crippen LogP contribution in [0.15, 0.2) is 24.4 Å². The lowest BCUT2D eigenvalue weighted by atomic mass is 10.2. The van der Waals surface area contributed by atoms with Gasteiger partial charge in [0.15, 0.2) is 5.82 Å². The number of hydrogen-bond acceptors (Lipinski definition) is 3. The Morgan fingerprint density at radius 2 is 2.10 bits per heavy atom. The fraction of sp³-hybridized carbons (Fsp3) is 0.286. The number of aliphatic hydroxyl groups is 1. The van der Waals surface area contributed by atoms with Crippen LogP contribution in [0.4, 0.5) is 0 Å². The first kappa shape index (κ1) is 13.1. The summed E-state index contributed by atoms with van der Waals surface area (Å²) in [6.07, 6.45) is 1.94. The molecule has 0 fully saturated rings. The molecule has 0 aliphatic rings. The summed E-state index contributed by atoms with van der Waals surface area (Å²) in [5.74, 6) is 1.74. The van der Waals surface area contributed by atoms with Crippen LogP contribution in [0.1, 0.15) is 17.2 Å². The minimum atomic E-state index is 0.00295. The highest BCUT2D eigenvalue weighted by molar-refractivity contribution is 6.31. The zero-order valence-corrected chi connectivity index (χ0v) is 12.1. The van der Waals surface area contributed by atoms with Crippen LogP contribution in [0.25, 0.3) is 10.9 Å². The van der Waals surface area contributed by atoms with Gasteiger partial charge in [0, 0.05) is 29.2 Å². The molecule has 0 amide bonds. The third kappa shape index (κ3) is 2.09. The van der Waals surface area contributed by atoms with Crippen molar-refractivity contribution >= 4 is 22.5 Å². The smallest absolute Gasteiger partial charge is 0.152 e. The Kier molecular flexibility index (Phi) is 3.23. The van der Waals surface area contributed by atoms with Crippen molar-refractivity contribution in [1.82, 2.24) is 19.3 Å². The molecule has 6 heteroatoms. The van der Waals surface area contributed by atoms with E-state index in [1.54, 1.807) is 0 Å². The maximum atomic E-state index is 9.46. The van der Waals surface area contributed by atoms with Crippen LogP contribution < -0.4 is 0 Å². The van der Waals surface area contributed by atoms with Gasteiger partial charge >= 0.3 is 0 Å². The largest absolute Gasteiger partial charge is 0.392 e. The summed E-state index contributed by atoms with van der Waals surface area (Å²) in [5, 5.41) is 19.4. The summed E-state index contributed by atoms with van der Waals surface area (Å²) in [4.78, 5) is 0. The molecule has 0 bridgehead atoms. The Balaban J connectivity index is 2.11. The van der Waals surface area contributed by atoms with Crippen molar-refractivity contribution in [3.63, 3.8) is 0 Å². The Labute approximate surface area is 121 Å². The number of hydrogen-bond donors (Lipinski definition) is 1. The monoisotopic (exact) mass is 290 g/mol. The van der Waals surface area contributed by atoms with Crippen LogP contribution in [0.5, 0.6) is 0 Å². The standard InChI is InChI=1S/C14H15ClN4O/c1-9-16-17-14(18(9)2)7-19-6-10(8-20)12-4-3-11(15)5-13(12)19/h3-6,20H,7-8H2,1-2H3. The molecule has 20 heavy (non-hydrogen) atoms. The van der Waals surface area contributed by atoms with Crippen LogP contribution in [-0.2, 0) is 20.2 Å². The second kappa shape index (κ2) is 4.92. The average molecular weight is 291 g/mol. The van der Waals surface area contributed by atoms with E-state index in [-0.39, 0.29) is 6.61 Å². The van der Waals surface area contributed by atoms with Crippen molar-refractivity contribution in [3.8, 4) is 0 Å². The second-order valence-electron chi connectivity index (χ2n) is 4.82. The average Bonchev–Trinajstić information content (AvgIpc) is 2.94. The van der Waals surface area contributed by atoms with E-state index >= 15 is 0 Å². The topological polar surface area (TPSA) is 55.9 Å². The van der Waals surface area contributed by atoms with Gasteiger partial charge in [-0.15, -0.1) is 10.2 Å². The molecular formula is C14H15ClN4O. The van der Waals surface area contributed by atoms with E-state index < -0.39 is 0 Å². The van der Waals surface area contributed by atoms with Gasteiger partial charge in [0.1, 0.15) is 5.82 Å². The molecule has 5 nitrogen and oxygen atoms in total. The molecule has 0 spiro atoms. The van der Waals surface area contributed by atoms with Crippen LogP contribution in [0, 0.1) is 6.92 Å². The predicted octanol–water partition coefficient (Wildman–Crippen LogP) is 2.27. The zero-order valence-electron chi connectivity index (χ0n) is 11.3. The summed E-state index contributed by atoms with van der Waals surface area (Å²) in [6, 6.07) is 5.67. The Hall–Kier alpha value is -1.85. The molecule has 1 aromatic carbocycles. The molecule has 0 saturated heterocycles. The van der Waals surface area contributed by atoms with E-state index in [9.17, 15) is 5.11 Å². The first-order valence-corrected chi connectivity index (χ1v) is 6.71. The highest BCUT2D eigenvalue weighted by Gasteiger charge is 2.11. The Bertz CT molecular complexity index is 775. The Morgan fingerprint density at radius 1 is 1.30 bits per heavy atom. The van der Waals surface area contributed by atoms with E-state index in [2.05, 4.69) is 10.2 Å². The van der Waals surface area contributed by atoms with Gasteiger partial charge in [-0.1, -0.05) is 17.7 Å². The van der Waals surface area contributed by atoms with E-state index in [1.165, 1.54) is 0 Å². The maximum absolute atomic E-state index is 9.46. The van der Waals surface area contributed by atoms with Gasteiger partial charge < -0.3 is 14.2 Å². The van der Waals surface area contributed by atoms with Crippen molar-refractivity contribution in [3.05, 3.63) is 46.6 Å². The lowest BCUT2D eigenvalue weighted by Gasteiger charge is -2.05. The number of aryl methyl sites for hydroxylation is 1. The molecule has 3 rings (SSSR count). The maximum Gasteiger partial charge on any atom is 0.152 e.